The van der Waals surface area contributed by atoms with Crippen molar-refractivity contribution in [1.29, 1.82) is 0 Å². The first-order valence-corrected chi connectivity index (χ1v) is 17.8. The minimum absolute atomic E-state index is 0.0220. The number of piperidine rings is 1. The number of hydrogen-bond donors (Lipinski definition) is 1. The van der Waals surface area contributed by atoms with Gasteiger partial charge in [-0.25, -0.2) is 4.79 Å². The Hall–Kier alpha value is -2.82. The molecule has 2 heterocycles. The monoisotopic (exact) mass is 697 g/mol. The number of para-hydroxylation sites is 1. The highest BCUT2D eigenvalue weighted by atomic mass is 79.9. The van der Waals surface area contributed by atoms with Crippen LogP contribution in [0.15, 0.2) is 59.1 Å². The Bertz CT molecular complexity index is 1490. The first-order chi connectivity index (χ1) is 21.2. The number of nitrogens with zero attached hydrogens (tertiary/aromatic N) is 2. The van der Waals surface area contributed by atoms with E-state index in [1.54, 1.807) is 12.1 Å². The van der Waals surface area contributed by atoms with Gasteiger partial charge in [0.15, 0.2) is 0 Å². The standard InChI is InChI=1S/C34H40BrN3O4S2/c1-23-10-8-11-29(37-16-6-5-7-17-37)32(23)38(26-14-12-25(13-15-26)34(2)43-18-9-19-44-34)36-31(39)21-24-20-30(41-3)27(22-28(24)35)33(40)42-4/h8,10-15,20,22H,5-7,9,16-19,21H2,1-4H3,(H,36,39). The van der Waals surface area contributed by atoms with Crippen molar-refractivity contribution >= 4 is 68.4 Å². The normalized spacial score (nSPS) is 16.2. The molecule has 0 spiro atoms. The van der Waals surface area contributed by atoms with E-state index in [2.05, 4.69) is 82.6 Å². The zero-order chi connectivity index (χ0) is 31.3. The summed E-state index contributed by atoms with van der Waals surface area (Å²) in [5.74, 6) is 1.99. The fraction of sp³-hybridized carbons (Fsp3) is 0.412. The van der Waals surface area contributed by atoms with Crippen LogP contribution >= 0.6 is 39.5 Å². The third-order valence-corrected chi connectivity index (χ3v) is 12.2. The minimum atomic E-state index is -0.503. The molecule has 0 aromatic heterocycles. The predicted octanol–water partition coefficient (Wildman–Crippen LogP) is 8.00. The van der Waals surface area contributed by atoms with Gasteiger partial charge < -0.3 is 14.4 Å². The zero-order valence-electron chi connectivity index (χ0n) is 25.8. The van der Waals surface area contributed by atoms with Gasteiger partial charge >= 0.3 is 5.97 Å². The van der Waals surface area contributed by atoms with Gasteiger partial charge in [0.1, 0.15) is 11.3 Å². The summed E-state index contributed by atoms with van der Waals surface area (Å²) in [6.45, 7) is 6.38. The molecule has 234 valence electrons. The molecule has 3 aromatic rings. The van der Waals surface area contributed by atoms with E-state index in [9.17, 15) is 9.59 Å². The number of hydrogen-bond acceptors (Lipinski definition) is 8. The molecule has 0 unspecified atom stereocenters. The van der Waals surface area contributed by atoms with Gasteiger partial charge in [0, 0.05) is 17.6 Å². The third-order valence-electron chi connectivity index (χ3n) is 8.19. The van der Waals surface area contributed by atoms with Crippen LogP contribution in [0.25, 0.3) is 0 Å². The molecule has 10 heteroatoms. The topological polar surface area (TPSA) is 71.1 Å². The van der Waals surface area contributed by atoms with Gasteiger partial charge in [-0.1, -0.05) is 40.2 Å². The summed E-state index contributed by atoms with van der Waals surface area (Å²) in [7, 11) is 2.82. The number of nitrogens with one attached hydrogen (secondary N) is 1. The first kappa shape index (κ1) is 32.6. The van der Waals surface area contributed by atoms with Crippen molar-refractivity contribution < 1.29 is 19.1 Å². The van der Waals surface area contributed by atoms with Crippen molar-refractivity contribution in [1.82, 2.24) is 5.43 Å². The van der Waals surface area contributed by atoms with Crippen molar-refractivity contribution in [2.45, 2.75) is 50.0 Å². The van der Waals surface area contributed by atoms with Gasteiger partial charge in [-0.2, -0.15) is 0 Å². The summed E-state index contributed by atoms with van der Waals surface area (Å²) in [6, 6.07) is 18.3. The van der Waals surface area contributed by atoms with Crippen LogP contribution in [-0.2, 0) is 20.0 Å². The second kappa shape index (κ2) is 14.5. The first-order valence-electron chi connectivity index (χ1n) is 15.0. The molecule has 0 aliphatic carbocycles. The average Bonchev–Trinajstić information content (AvgIpc) is 3.05. The Balaban J connectivity index is 1.50. The molecule has 7 nitrogen and oxygen atoms in total. The number of ether oxygens (including phenoxy) is 2. The van der Waals surface area contributed by atoms with Gasteiger partial charge in [-0.3, -0.25) is 15.2 Å². The van der Waals surface area contributed by atoms with E-state index >= 15 is 0 Å². The second-order valence-electron chi connectivity index (χ2n) is 11.2. The largest absolute Gasteiger partial charge is 0.496 e. The lowest BCUT2D eigenvalue weighted by atomic mass is 10.1. The van der Waals surface area contributed by atoms with Gasteiger partial charge in [0.25, 0.3) is 0 Å². The molecule has 5 rings (SSSR count). The Morgan fingerprint density at radius 1 is 1.00 bits per heavy atom. The molecule has 3 aromatic carbocycles. The van der Waals surface area contributed by atoms with Crippen molar-refractivity contribution in [2.24, 2.45) is 0 Å². The lowest BCUT2D eigenvalue weighted by Crippen LogP contribution is -2.41. The SMILES string of the molecule is COC(=O)c1cc(Br)c(CC(=O)NN(c2ccc(C3(C)SCCCS3)cc2)c2c(C)cccc2N2CCCCC2)cc1OC. The highest BCUT2D eigenvalue weighted by molar-refractivity contribution is 9.10. The van der Waals surface area contributed by atoms with Crippen LogP contribution < -0.4 is 20.1 Å². The molecular weight excluding hydrogens is 658 g/mol. The van der Waals surface area contributed by atoms with Gasteiger partial charge in [0.2, 0.25) is 5.91 Å². The second-order valence-corrected chi connectivity index (χ2v) is 15.4. The molecular formula is C34H40BrN3O4S2. The van der Waals surface area contributed by atoms with Crippen molar-refractivity contribution in [3.05, 3.63) is 81.3 Å². The number of carbonyl (C=O) groups excluding carboxylic acids is 2. The van der Waals surface area contributed by atoms with Crippen LogP contribution in [-0.4, -0.2) is 50.7 Å². The molecule has 44 heavy (non-hydrogen) atoms. The molecule has 2 aliphatic rings. The van der Waals surface area contributed by atoms with E-state index in [4.69, 9.17) is 9.47 Å². The molecule has 0 bridgehead atoms. The Morgan fingerprint density at radius 2 is 1.70 bits per heavy atom. The number of benzene rings is 3. The summed E-state index contributed by atoms with van der Waals surface area (Å²) in [5, 5.41) is 1.95. The summed E-state index contributed by atoms with van der Waals surface area (Å²) < 4.78 is 11.0. The molecule has 2 aliphatic heterocycles. The van der Waals surface area contributed by atoms with Crippen LogP contribution in [0.4, 0.5) is 17.1 Å². The lowest BCUT2D eigenvalue weighted by Gasteiger charge is -2.36. The Morgan fingerprint density at radius 3 is 2.36 bits per heavy atom. The van der Waals surface area contributed by atoms with Crippen molar-refractivity contribution in [2.75, 3.05) is 48.7 Å². The van der Waals surface area contributed by atoms with E-state index in [-0.39, 0.29) is 16.4 Å². The fourth-order valence-electron chi connectivity index (χ4n) is 5.79. The zero-order valence-corrected chi connectivity index (χ0v) is 29.0. The lowest BCUT2D eigenvalue weighted by molar-refractivity contribution is -0.120. The van der Waals surface area contributed by atoms with E-state index in [1.807, 2.05) is 28.5 Å². The van der Waals surface area contributed by atoms with Crippen LogP contribution in [0.1, 0.15) is 59.7 Å². The molecule has 2 fully saturated rings. The number of methoxy groups -OCH3 is 2. The third kappa shape index (κ3) is 7.18. The number of esters is 1. The Labute approximate surface area is 277 Å². The highest BCUT2D eigenvalue weighted by Crippen LogP contribution is 2.50. The molecule has 1 amide bonds. The number of amides is 1. The van der Waals surface area contributed by atoms with Crippen LogP contribution in [0.2, 0.25) is 0 Å². The molecule has 0 radical (unpaired) electrons. The number of hydrazine groups is 1. The van der Waals surface area contributed by atoms with E-state index < -0.39 is 5.97 Å². The maximum atomic E-state index is 13.8. The van der Waals surface area contributed by atoms with Gasteiger partial charge in [-0.05, 0) is 98.1 Å². The number of halogens is 1. The highest BCUT2D eigenvalue weighted by Gasteiger charge is 2.31. The maximum Gasteiger partial charge on any atom is 0.341 e. The van der Waals surface area contributed by atoms with Crippen LogP contribution in [0.3, 0.4) is 0 Å². The molecule has 1 N–H and O–H groups in total. The van der Waals surface area contributed by atoms with E-state index in [1.165, 1.54) is 32.6 Å². The smallest absolute Gasteiger partial charge is 0.341 e. The number of aryl methyl sites for hydroxylation is 1. The number of anilines is 3. The van der Waals surface area contributed by atoms with Crippen molar-refractivity contribution in [3.8, 4) is 5.75 Å². The predicted molar refractivity (Wildman–Crippen MR) is 187 cm³/mol. The summed E-state index contributed by atoms with van der Waals surface area (Å²) in [5.41, 5.74) is 9.57. The summed E-state index contributed by atoms with van der Waals surface area (Å²) in [4.78, 5) is 28.5. The summed E-state index contributed by atoms with van der Waals surface area (Å²) in [6.07, 6.45) is 4.85. The number of carbonyl (C=O) groups is 2. The molecule has 2 saturated heterocycles. The minimum Gasteiger partial charge on any atom is -0.496 e. The quantitative estimate of drug-likeness (QED) is 0.178. The van der Waals surface area contributed by atoms with Gasteiger partial charge in [0.05, 0.1) is 41.8 Å². The van der Waals surface area contributed by atoms with Crippen molar-refractivity contribution in [3.63, 3.8) is 0 Å². The molecule has 0 atom stereocenters. The number of rotatable bonds is 9. The van der Waals surface area contributed by atoms with Crippen LogP contribution in [0.5, 0.6) is 5.75 Å². The Kier molecular flexibility index (Phi) is 10.7. The van der Waals surface area contributed by atoms with E-state index in [0.29, 0.717) is 21.3 Å². The van der Waals surface area contributed by atoms with E-state index in [0.717, 1.165) is 60.1 Å². The fourth-order valence-corrected chi connectivity index (χ4v) is 9.26. The number of thioether (sulfide) groups is 2. The maximum absolute atomic E-state index is 13.8. The van der Waals surface area contributed by atoms with Crippen LogP contribution in [0, 0.1) is 6.92 Å². The average molecular weight is 699 g/mol. The summed E-state index contributed by atoms with van der Waals surface area (Å²) >= 11 is 7.56. The molecule has 0 saturated carbocycles. The van der Waals surface area contributed by atoms with Gasteiger partial charge in [-0.15, -0.1) is 23.5 Å².